The summed E-state index contributed by atoms with van der Waals surface area (Å²) in [5.74, 6) is 0.0909. The van der Waals surface area contributed by atoms with E-state index in [9.17, 15) is 9.59 Å². The van der Waals surface area contributed by atoms with Crippen molar-refractivity contribution in [2.45, 2.75) is 19.3 Å². The Labute approximate surface area is 195 Å². The largest absolute Gasteiger partial charge is 0.339 e. The molecule has 0 unspecified atom stereocenters. The molecule has 2 aliphatic rings. The lowest BCUT2D eigenvalue weighted by molar-refractivity contribution is -0.128. The van der Waals surface area contributed by atoms with Crippen LogP contribution in [0, 0.1) is 5.41 Å². The molecule has 2 aromatic heterocycles. The fourth-order valence-corrected chi connectivity index (χ4v) is 5.91. The quantitative estimate of drug-likeness (QED) is 0.536. The van der Waals surface area contributed by atoms with Gasteiger partial charge in [0.05, 0.1) is 0 Å². The molecule has 0 bridgehead atoms. The van der Waals surface area contributed by atoms with Gasteiger partial charge >= 0.3 is 0 Å². The van der Waals surface area contributed by atoms with Crippen molar-refractivity contribution < 1.29 is 9.59 Å². The number of hydrogen-bond acceptors (Lipinski definition) is 6. The zero-order valence-corrected chi connectivity index (χ0v) is 19.3. The third kappa shape index (κ3) is 4.25. The van der Waals surface area contributed by atoms with E-state index in [1.165, 1.54) is 11.5 Å². The second-order valence-electron chi connectivity index (χ2n) is 8.51. The van der Waals surface area contributed by atoms with Crippen LogP contribution in [-0.2, 0) is 4.79 Å². The number of rotatable bonds is 4. The Balaban J connectivity index is 1.21. The minimum Gasteiger partial charge on any atom is -0.339 e. The number of thiophene rings is 1. The van der Waals surface area contributed by atoms with Gasteiger partial charge in [0.15, 0.2) is 0 Å². The van der Waals surface area contributed by atoms with Crippen LogP contribution in [0.2, 0.25) is 0 Å². The summed E-state index contributed by atoms with van der Waals surface area (Å²) < 4.78 is 4.05. The van der Waals surface area contributed by atoms with E-state index in [-0.39, 0.29) is 17.2 Å². The first-order valence-electron chi connectivity index (χ1n) is 10.8. The number of aromatic nitrogens is 2. The maximum Gasteiger partial charge on any atom is 0.267 e. The number of piperidine rings is 1. The Morgan fingerprint density at radius 2 is 1.75 bits per heavy atom. The van der Waals surface area contributed by atoms with Gasteiger partial charge in [0, 0.05) is 37.8 Å². The number of nitrogens with zero attached hydrogens (tertiary/aromatic N) is 4. The first-order valence-corrected chi connectivity index (χ1v) is 12.5. The van der Waals surface area contributed by atoms with Crippen molar-refractivity contribution in [2.24, 2.45) is 5.41 Å². The molecule has 0 N–H and O–H groups in total. The molecule has 3 aromatic rings. The van der Waals surface area contributed by atoms with Crippen LogP contribution < -0.4 is 0 Å². The molecule has 32 heavy (non-hydrogen) atoms. The highest BCUT2D eigenvalue weighted by molar-refractivity contribution is 7.08. The lowest BCUT2D eigenvalue weighted by Crippen LogP contribution is -2.44. The van der Waals surface area contributed by atoms with Gasteiger partial charge in [-0.05, 0) is 64.7 Å². The Hall–Kier alpha value is -2.84. The molecular formula is C24H24N4O2S2. The summed E-state index contributed by atoms with van der Waals surface area (Å²) in [6.45, 7) is 2.97. The van der Waals surface area contributed by atoms with Crippen LogP contribution in [0.15, 0.2) is 53.2 Å². The molecule has 0 aliphatic carbocycles. The summed E-state index contributed by atoms with van der Waals surface area (Å²) in [6.07, 6.45) is 6.40. The lowest BCUT2D eigenvalue weighted by Gasteiger charge is -2.38. The van der Waals surface area contributed by atoms with E-state index in [2.05, 4.69) is 9.59 Å². The van der Waals surface area contributed by atoms with E-state index in [4.69, 9.17) is 0 Å². The van der Waals surface area contributed by atoms with E-state index >= 15 is 0 Å². The summed E-state index contributed by atoms with van der Waals surface area (Å²) in [5, 5.41) is 8.25. The highest BCUT2D eigenvalue weighted by Gasteiger charge is 2.43. The highest BCUT2D eigenvalue weighted by Crippen LogP contribution is 2.41. The minimum atomic E-state index is 0.0212. The van der Waals surface area contributed by atoms with Crippen molar-refractivity contribution in [2.75, 3.05) is 26.2 Å². The second-order valence-corrected chi connectivity index (χ2v) is 10.0. The predicted molar refractivity (Wildman–Crippen MR) is 127 cm³/mol. The van der Waals surface area contributed by atoms with Crippen LogP contribution in [0.4, 0.5) is 0 Å². The highest BCUT2D eigenvalue weighted by atomic mass is 32.1. The molecule has 2 saturated heterocycles. The molecule has 5 rings (SSSR count). The van der Waals surface area contributed by atoms with Crippen LogP contribution in [-0.4, -0.2) is 57.4 Å². The number of carbonyl (C=O) groups is 2. The molecule has 0 atom stereocenters. The molecule has 0 radical (unpaired) electrons. The third-order valence-corrected chi connectivity index (χ3v) is 7.97. The van der Waals surface area contributed by atoms with Gasteiger partial charge in [0.2, 0.25) is 5.91 Å². The monoisotopic (exact) mass is 464 g/mol. The van der Waals surface area contributed by atoms with Gasteiger partial charge in [-0.25, -0.2) is 0 Å². The maximum atomic E-state index is 13.3. The lowest BCUT2D eigenvalue weighted by atomic mass is 9.78. The van der Waals surface area contributed by atoms with E-state index in [1.54, 1.807) is 17.4 Å². The SMILES string of the molecule is O=C(C=Cc1ccsc1)N1CCC2(CC1)CCN(C(=O)c1snnc1-c1ccccc1)C2. The number of amides is 2. The van der Waals surface area contributed by atoms with Gasteiger partial charge in [0.25, 0.3) is 5.91 Å². The predicted octanol–water partition coefficient (Wildman–Crippen LogP) is 4.43. The van der Waals surface area contributed by atoms with Crippen LogP contribution >= 0.6 is 22.9 Å². The number of likely N-dealkylation sites (tertiary alicyclic amines) is 2. The van der Waals surface area contributed by atoms with Crippen molar-refractivity contribution in [3.05, 3.63) is 63.7 Å². The fraction of sp³-hybridized carbons (Fsp3) is 0.333. The first kappa shape index (κ1) is 21.0. The molecule has 1 aromatic carbocycles. The molecule has 164 valence electrons. The van der Waals surface area contributed by atoms with Crippen LogP contribution in [0.1, 0.15) is 34.5 Å². The number of carbonyl (C=O) groups excluding carboxylic acids is 2. The summed E-state index contributed by atoms with van der Waals surface area (Å²) in [5.41, 5.74) is 2.75. The molecule has 6 nitrogen and oxygen atoms in total. The Morgan fingerprint density at radius 3 is 2.47 bits per heavy atom. The van der Waals surface area contributed by atoms with E-state index in [0.29, 0.717) is 10.6 Å². The molecule has 8 heteroatoms. The standard InChI is InChI=1S/C24H24N4O2S2/c29-20(7-6-18-8-15-31-16-18)27-12-9-24(10-13-27)11-14-28(17-24)23(30)22-21(25-26-32-22)19-4-2-1-3-5-19/h1-8,15-16H,9-14,17H2. The number of benzene rings is 1. The molecular weight excluding hydrogens is 440 g/mol. The van der Waals surface area contributed by atoms with Crippen molar-refractivity contribution in [3.8, 4) is 11.3 Å². The maximum absolute atomic E-state index is 13.3. The minimum absolute atomic E-state index is 0.0212. The van der Waals surface area contributed by atoms with Gasteiger partial charge < -0.3 is 9.80 Å². The Kier molecular flexibility index (Phi) is 5.89. The van der Waals surface area contributed by atoms with Gasteiger partial charge in [-0.1, -0.05) is 34.8 Å². The summed E-state index contributed by atoms with van der Waals surface area (Å²) in [4.78, 5) is 30.3. The van der Waals surface area contributed by atoms with Gasteiger partial charge in [-0.3, -0.25) is 9.59 Å². The molecule has 4 heterocycles. The molecule has 1 spiro atoms. The normalized spacial score (nSPS) is 18.0. The average molecular weight is 465 g/mol. The Morgan fingerprint density at radius 1 is 1.00 bits per heavy atom. The fourth-order valence-electron chi connectivity index (χ4n) is 4.62. The molecule has 0 saturated carbocycles. The summed E-state index contributed by atoms with van der Waals surface area (Å²) >= 11 is 2.80. The molecule has 2 aliphatic heterocycles. The van der Waals surface area contributed by atoms with Crippen LogP contribution in [0.5, 0.6) is 0 Å². The zero-order valence-electron chi connectivity index (χ0n) is 17.6. The summed E-state index contributed by atoms with van der Waals surface area (Å²) in [7, 11) is 0. The number of hydrogen-bond donors (Lipinski definition) is 0. The van der Waals surface area contributed by atoms with Crippen LogP contribution in [0.25, 0.3) is 17.3 Å². The van der Waals surface area contributed by atoms with Crippen molar-refractivity contribution in [3.63, 3.8) is 0 Å². The van der Waals surface area contributed by atoms with Gasteiger partial charge in [0.1, 0.15) is 10.6 Å². The van der Waals surface area contributed by atoms with Gasteiger partial charge in [-0.15, -0.1) is 5.10 Å². The average Bonchev–Trinajstić information content (AvgIpc) is 3.59. The van der Waals surface area contributed by atoms with Crippen molar-refractivity contribution in [1.29, 1.82) is 0 Å². The summed E-state index contributed by atoms with van der Waals surface area (Å²) in [6, 6.07) is 11.8. The van der Waals surface area contributed by atoms with E-state index in [1.807, 2.05) is 63.0 Å². The Bertz CT molecular complexity index is 1120. The van der Waals surface area contributed by atoms with Crippen molar-refractivity contribution in [1.82, 2.24) is 19.4 Å². The third-order valence-electron chi connectivity index (χ3n) is 6.55. The van der Waals surface area contributed by atoms with Crippen LogP contribution in [0.3, 0.4) is 0 Å². The van der Waals surface area contributed by atoms with E-state index in [0.717, 1.165) is 56.6 Å². The van der Waals surface area contributed by atoms with Gasteiger partial charge in [-0.2, -0.15) is 11.3 Å². The topological polar surface area (TPSA) is 66.4 Å². The molecule has 2 fully saturated rings. The molecule has 2 amide bonds. The second kappa shape index (κ2) is 8.96. The first-order chi connectivity index (χ1) is 15.6. The zero-order chi connectivity index (χ0) is 22.0. The van der Waals surface area contributed by atoms with Crippen molar-refractivity contribution >= 4 is 40.8 Å². The van der Waals surface area contributed by atoms with E-state index < -0.39 is 0 Å². The smallest absolute Gasteiger partial charge is 0.267 e.